The van der Waals surface area contributed by atoms with Crippen LogP contribution >= 0.6 is 0 Å². The van der Waals surface area contributed by atoms with Crippen LogP contribution in [-0.4, -0.2) is 12.0 Å². The van der Waals surface area contributed by atoms with Crippen LogP contribution in [0.5, 0.6) is 0 Å². The Labute approximate surface area is 82.4 Å². The van der Waals surface area contributed by atoms with E-state index in [1.165, 1.54) is 0 Å². The molecule has 1 aromatic heterocycles. The lowest BCUT2D eigenvalue weighted by Crippen LogP contribution is -1.88. The maximum atomic E-state index is 4.09. The summed E-state index contributed by atoms with van der Waals surface area (Å²) in [5, 5.41) is 2.99. The van der Waals surface area contributed by atoms with Crippen molar-refractivity contribution in [1.82, 2.24) is 4.98 Å². The lowest BCUT2D eigenvalue weighted by atomic mass is 10.3. The Hall–Kier alpha value is -1.05. The van der Waals surface area contributed by atoms with E-state index in [-0.39, 0.29) is 0 Å². The van der Waals surface area contributed by atoms with Crippen molar-refractivity contribution in [1.29, 1.82) is 0 Å². The van der Waals surface area contributed by atoms with Gasteiger partial charge in [0.15, 0.2) is 0 Å². The summed E-state index contributed by atoms with van der Waals surface area (Å²) in [4.78, 5) is 4.09. The molecule has 13 heavy (non-hydrogen) atoms. The van der Waals surface area contributed by atoms with Gasteiger partial charge in [0.25, 0.3) is 0 Å². The maximum absolute atomic E-state index is 4.09. The monoisotopic (exact) mass is 182 g/mol. The number of nitrogens with zero attached hydrogens (tertiary/aromatic N) is 1. The topological polar surface area (TPSA) is 24.9 Å². The van der Waals surface area contributed by atoms with Crippen molar-refractivity contribution in [2.24, 2.45) is 0 Å². The second-order valence-electron chi connectivity index (χ2n) is 1.94. The van der Waals surface area contributed by atoms with Gasteiger partial charge in [0.2, 0.25) is 0 Å². The molecule has 0 aliphatic carbocycles. The van der Waals surface area contributed by atoms with Crippen molar-refractivity contribution in [3.8, 4) is 0 Å². The molecule has 0 aliphatic rings. The highest BCUT2D eigenvalue weighted by atomic mass is 14.8. The van der Waals surface area contributed by atoms with Gasteiger partial charge in [-0.2, -0.15) is 0 Å². The molecule has 0 atom stereocenters. The number of pyridine rings is 1. The summed E-state index contributed by atoms with van der Waals surface area (Å²) in [5.74, 6) is 0. The summed E-state index contributed by atoms with van der Waals surface area (Å²) in [5.41, 5.74) is 2.11. The third-order valence-corrected chi connectivity index (χ3v) is 1.20. The predicted octanol–water partition coefficient (Wildman–Crippen LogP) is 3.48. The number of rotatable bonds is 1. The molecular formula is C11H22N2. The van der Waals surface area contributed by atoms with Crippen molar-refractivity contribution < 1.29 is 0 Å². The van der Waals surface area contributed by atoms with Crippen LogP contribution in [0.2, 0.25) is 0 Å². The zero-order valence-corrected chi connectivity index (χ0v) is 9.68. The highest BCUT2D eigenvalue weighted by Crippen LogP contribution is 2.02. The molecule has 1 N–H and O–H groups in total. The van der Waals surface area contributed by atoms with Crippen LogP contribution in [0.25, 0.3) is 0 Å². The van der Waals surface area contributed by atoms with Crippen molar-refractivity contribution in [2.75, 3.05) is 12.4 Å². The van der Waals surface area contributed by atoms with Gasteiger partial charge in [-0.15, -0.1) is 0 Å². The fraction of sp³-hybridized carbons (Fsp3) is 0.545. The predicted molar refractivity (Wildman–Crippen MR) is 61.2 cm³/mol. The Morgan fingerprint density at radius 2 is 1.62 bits per heavy atom. The van der Waals surface area contributed by atoms with Gasteiger partial charge < -0.3 is 5.32 Å². The first-order chi connectivity index (χ1) is 6.33. The van der Waals surface area contributed by atoms with E-state index >= 15 is 0 Å². The maximum Gasteiger partial charge on any atom is 0.0524 e. The number of aromatic nitrogens is 1. The standard InChI is InChI=1S/C7H10N2.2C2H6/c1-6-3-4-7(8-2)5-9-6;2*1-2/h3-5,8H,1-2H3;2*1-2H3. The highest BCUT2D eigenvalue weighted by molar-refractivity contribution is 5.39. The molecule has 0 fully saturated rings. The van der Waals surface area contributed by atoms with Crippen molar-refractivity contribution >= 4 is 5.69 Å². The van der Waals surface area contributed by atoms with Crippen LogP contribution in [0.4, 0.5) is 5.69 Å². The summed E-state index contributed by atoms with van der Waals surface area (Å²) in [7, 11) is 1.88. The molecule has 1 aromatic rings. The minimum Gasteiger partial charge on any atom is -0.387 e. The molecule has 2 nitrogen and oxygen atoms in total. The summed E-state index contributed by atoms with van der Waals surface area (Å²) in [6, 6.07) is 3.98. The molecule has 0 radical (unpaired) electrons. The Balaban J connectivity index is 0. The van der Waals surface area contributed by atoms with Crippen LogP contribution in [0.3, 0.4) is 0 Å². The van der Waals surface area contributed by atoms with E-state index in [4.69, 9.17) is 0 Å². The first kappa shape index (κ1) is 14.5. The van der Waals surface area contributed by atoms with Gasteiger partial charge in [0.1, 0.15) is 0 Å². The molecule has 0 aliphatic heterocycles. The molecule has 1 heterocycles. The fourth-order valence-electron chi connectivity index (χ4n) is 0.616. The Bertz CT molecular complexity index is 180. The molecule has 0 aromatic carbocycles. The zero-order valence-electron chi connectivity index (χ0n) is 9.68. The summed E-state index contributed by atoms with van der Waals surface area (Å²) in [6.07, 6.45) is 1.81. The zero-order chi connectivity index (χ0) is 10.7. The lowest BCUT2D eigenvalue weighted by molar-refractivity contribution is 1.20. The smallest absolute Gasteiger partial charge is 0.0524 e. The second-order valence-corrected chi connectivity index (χ2v) is 1.94. The van der Waals surface area contributed by atoms with Crippen LogP contribution in [0.15, 0.2) is 18.3 Å². The molecule has 1 rings (SSSR count). The fourth-order valence-corrected chi connectivity index (χ4v) is 0.616. The van der Waals surface area contributed by atoms with E-state index in [2.05, 4.69) is 10.3 Å². The molecule has 0 unspecified atom stereocenters. The third-order valence-electron chi connectivity index (χ3n) is 1.20. The van der Waals surface area contributed by atoms with E-state index in [0.717, 1.165) is 11.4 Å². The van der Waals surface area contributed by atoms with Gasteiger partial charge in [-0.3, -0.25) is 4.98 Å². The van der Waals surface area contributed by atoms with E-state index < -0.39 is 0 Å². The Morgan fingerprint density at radius 3 is 1.92 bits per heavy atom. The number of nitrogens with one attached hydrogen (secondary N) is 1. The van der Waals surface area contributed by atoms with Gasteiger partial charge >= 0.3 is 0 Å². The molecule has 2 heteroatoms. The summed E-state index contributed by atoms with van der Waals surface area (Å²) in [6.45, 7) is 9.97. The van der Waals surface area contributed by atoms with Gasteiger partial charge in [-0.25, -0.2) is 0 Å². The summed E-state index contributed by atoms with van der Waals surface area (Å²) >= 11 is 0. The third kappa shape index (κ3) is 7.32. The normalized spacial score (nSPS) is 7.23. The number of hydrogen-bond donors (Lipinski definition) is 1. The Morgan fingerprint density at radius 1 is 1.08 bits per heavy atom. The minimum absolute atomic E-state index is 1.05. The molecular weight excluding hydrogens is 160 g/mol. The lowest BCUT2D eigenvalue weighted by Gasteiger charge is -1.96. The first-order valence-electron chi connectivity index (χ1n) is 4.93. The SMILES string of the molecule is CC.CC.CNc1ccc(C)nc1. The van der Waals surface area contributed by atoms with Crippen molar-refractivity contribution in [3.63, 3.8) is 0 Å². The Kier molecular flexibility index (Phi) is 12.2. The van der Waals surface area contributed by atoms with Crippen molar-refractivity contribution in [3.05, 3.63) is 24.0 Å². The van der Waals surface area contributed by atoms with Gasteiger partial charge in [0, 0.05) is 12.7 Å². The van der Waals surface area contributed by atoms with Gasteiger partial charge in [0.05, 0.1) is 11.9 Å². The average Bonchev–Trinajstić information content (AvgIpc) is 2.25. The largest absolute Gasteiger partial charge is 0.387 e. The average molecular weight is 182 g/mol. The van der Waals surface area contributed by atoms with Crippen LogP contribution in [-0.2, 0) is 0 Å². The number of aryl methyl sites for hydroxylation is 1. The van der Waals surface area contributed by atoms with Gasteiger partial charge in [-0.05, 0) is 19.1 Å². The quantitative estimate of drug-likeness (QED) is 0.719. The molecule has 0 saturated carbocycles. The molecule has 76 valence electrons. The van der Waals surface area contributed by atoms with E-state index in [1.807, 2.05) is 60.0 Å². The number of anilines is 1. The summed E-state index contributed by atoms with van der Waals surface area (Å²) < 4.78 is 0. The van der Waals surface area contributed by atoms with Crippen LogP contribution in [0, 0.1) is 6.92 Å². The van der Waals surface area contributed by atoms with E-state index in [0.29, 0.717) is 0 Å². The minimum atomic E-state index is 1.05. The van der Waals surface area contributed by atoms with Crippen LogP contribution in [0.1, 0.15) is 33.4 Å². The van der Waals surface area contributed by atoms with Gasteiger partial charge in [-0.1, -0.05) is 27.7 Å². The molecule has 0 amide bonds. The van der Waals surface area contributed by atoms with Crippen molar-refractivity contribution in [2.45, 2.75) is 34.6 Å². The second kappa shape index (κ2) is 11.0. The van der Waals surface area contributed by atoms with E-state index in [9.17, 15) is 0 Å². The van der Waals surface area contributed by atoms with E-state index in [1.54, 1.807) is 0 Å². The van der Waals surface area contributed by atoms with Crippen LogP contribution < -0.4 is 5.32 Å². The number of hydrogen-bond acceptors (Lipinski definition) is 2. The molecule has 0 saturated heterocycles. The molecule has 0 spiro atoms. The first-order valence-corrected chi connectivity index (χ1v) is 4.93. The highest BCUT2D eigenvalue weighted by Gasteiger charge is 1.85. The molecule has 0 bridgehead atoms.